The minimum absolute atomic E-state index is 0.117. The first-order valence-corrected chi connectivity index (χ1v) is 18.8. The molecule has 0 radical (unpaired) electrons. The lowest BCUT2D eigenvalue weighted by atomic mass is 10.1. The van der Waals surface area contributed by atoms with Crippen LogP contribution in [0.1, 0.15) is 22.3 Å². The van der Waals surface area contributed by atoms with Crippen LogP contribution in [0, 0.1) is 0 Å². The Hall–Kier alpha value is -4.69. The van der Waals surface area contributed by atoms with Gasteiger partial charge in [-0.15, -0.1) is 0 Å². The summed E-state index contributed by atoms with van der Waals surface area (Å²) in [5, 5.41) is 23.2. The van der Waals surface area contributed by atoms with Gasteiger partial charge in [0.15, 0.2) is 12.4 Å². The maximum absolute atomic E-state index is 12.6. The van der Waals surface area contributed by atoms with E-state index >= 15 is 0 Å². The van der Waals surface area contributed by atoms with Crippen molar-refractivity contribution in [1.29, 1.82) is 0 Å². The molecular formula is C45H51NO10. The predicted octanol–water partition coefficient (Wildman–Crippen LogP) is 6.27. The van der Waals surface area contributed by atoms with Gasteiger partial charge in [-0.25, -0.2) is 4.79 Å². The normalized spacial score (nSPS) is 19.7. The van der Waals surface area contributed by atoms with E-state index in [0.717, 1.165) is 33.0 Å². The van der Waals surface area contributed by atoms with E-state index in [-0.39, 0.29) is 33.0 Å². The molecule has 1 amide bonds. The third-order valence-corrected chi connectivity index (χ3v) is 9.50. The van der Waals surface area contributed by atoms with Crippen LogP contribution in [-0.4, -0.2) is 98.0 Å². The highest BCUT2D eigenvalue weighted by Gasteiger charge is 2.48. The van der Waals surface area contributed by atoms with Gasteiger partial charge in [-0.1, -0.05) is 127 Å². The third kappa shape index (κ3) is 11.7. The second kappa shape index (κ2) is 21.0. The van der Waals surface area contributed by atoms with E-state index < -0.39 is 55.6 Å². The maximum atomic E-state index is 12.6. The number of ether oxygens (including phenoxy) is 7. The van der Waals surface area contributed by atoms with Gasteiger partial charge in [0, 0.05) is 14.1 Å². The predicted molar refractivity (Wildman–Crippen MR) is 210 cm³/mol. The summed E-state index contributed by atoms with van der Waals surface area (Å²) in [6.45, 7) is 0.602. The van der Waals surface area contributed by atoms with Gasteiger partial charge in [0.25, 0.3) is 0 Å². The molecule has 11 nitrogen and oxygen atoms in total. The molecule has 1 aliphatic heterocycles. The molecule has 0 aliphatic carbocycles. The zero-order valence-electron chi connectivity index (χ0n) is 31.8. The number of hydrogen-bond acceptors (Lipinski definition) is 10. The van der Waals surface area contributed by atoms with Crippen molar-refractivity contribution in [3.05, 3.63) is 156 Å². The molecule has 296 valence electrons. The number of rotatable bonds is 20. The molecule has 0 aromatic heterocycles. The number of fused-ring (bicyclic) bond motifs is 1. The number of nitrogens with zero attached hydrogens (tertiary/aromatic N) is 1. The van der Waals surface area contributed by atoms with Crippen LogP contribution < -0.4 is 0 Å². The number of benzene rings is 5. The monoisotopic (exact) mass is 765 g/mol. The third-order valence-electron chi connectivity index (χ3n) is 9.50. The molecule has 0 spiro atoms. The lowest BCUT2D eigenvalue weighted by Crippen LogP contribution is -2.48. The first-order chi connectivity index (χ1) is 27.4. The molecule has 11 heteroatoms. The van der Waals surface area contributed by atoms with Crippen molar-refractivity contribution in [2.24, 2.45) is 0 Å². The van der Waals surface area contributed by atoms with Crippen molar-refractivity contribution < 1.29 is 48.2 Å². The van der Waals surface area contributed by atoms with Gasteiger partial charge in [0.05, 0.1) is 46.2 Å². The summed E-state index contributed by atoms with van der Waals surface area (Å²) in [5.74, 6) is 0. The van der Waals surface area contributed by atoms with Crippen molar-refractivity contribution in [2.45, 2.75) is 69.3 Å². The molecule has 0 bridgehead atoms. The zero-order valence-corrected chi connectivity index (χ0v) is 31.8. The van der Waals surface area contributed by atoms with Gasteiger partial charge < -0.3 is 48.3 Å². The lowest BCUT2D eigenvalue weighted by Gasteiger charge is -2.34. The molecule has 1 heterocycles. The summed E-state index contributed by atoms with van der Waals surface area (Å²) in [7, 11) is 3.06. The molecule has 5 unspecified atom stereocenters. The highest BCUT2D eigenvalue weighted by atomic mass is 16.7. The van der Waals surface area contributed by atoms with Gasteiger partial charge in [-0.2, -0.15) is 0 Å². The molecule has 56 heavy (non-hydrogen) atoms. The Balaban J connectivity index is 1.29. The van der Waals surface area contributed by atoms with E-state index in [0.29, 0.717) is 6.61 Å². The second-order valence-corrected chi connectivity index (χ2v) is 13.9. The largest absolute Gasteiger partial charge is 0.438 e. The SMILES string of the molecule is CN(C)C(=O)OC1C(O)[C@@H](CO)O[C@H]1OCC(OCc1ccccc1)C(OCc1ccccc1)C(COCc1ccc2ccccc2c1)OCc1ccccc1. The van der Waals surface area contributed by atoms with Gasteiger partial charge in [0.2, 0.25) is 0 Å². The van der Waals surface area contributed by atoms with Gasteiger partial charge >= 0.3 is 6.09 Å². The van der Waals surface area contributed by atoms with Gasteiger partial charge in [-0.05, 0) is 39.1 Å². The molecule has 1 aliphatic rings. The Kier molecular flexibility index (Phi) is 15.4. The van der Waals surface area contributed by atoms with Crippen molar-refractivity contribution >= 4 is 16.9 Å². The number of hydrogen-bond donors (Lipinski definition) is 2. The van der Waals surface area contributed by atoms with Crippen molar-refractivity contribution in [3.63, 3.8) is 0 Å². The maximum Gasteiger partial charge on any atom is 0.409 e. The van der Waals surface area contributed by atoms with Crippen LogP contribution >= 0.6 is 0 Å². The summed E-state index contributed by atoms with van der Waals surface area (Å²) < 4.78 is 44.3. The summed E-state index contributed by atoms with van der Waals surface area (Å²) in [5.41, 5.74) is 3.86. The topological polar surface area (TPSA) is 125 Å². The van der Waals surface area contributed by atoms with Crippen LogP contribution in [-0.2, 0) is 59.6 Å². The highest BCUT2D eigenvalue weighted by Crippen LogP contribution is 2.28. The summed E-state index contributed by atoms with van der Waals surface area (Å²) in [4.78, 5) is 13.8. The van der Waals surface area contributed by atoms with E-state index in [9.17, 15) is 15.0 Å². The molecule has 5 aromatic rings. The van der Waals surface area contributed by atoms with Crippen molar-refractivity contribution in [3.8, 4) is 0 Å². The van der Waals surface area contributed by atoms with Crippen LogP contribution in [0.3, 0.4) is 0 Å². The fraction of sp³-hybridized carbons (Fsp3) is 0.356. The number of carbonyl (C=O) groups is 1. The highest BCUT2D eigenvalue weighted by molar-refractivity contribution is 5.82. The van der Waals surface area contributed by atoms with Crippen molar-refractivity contribution in [2.75, 3.05) is 33.9 Å². The summed E-state index contributed by atoms with van der Waals surface area (Å²) in [6, 6.07) is 43.9. The average molecular weight is 766 g/mol. The molecule has 2 N–H and O–H groups in total. The van der Waals surface area contributed by atoms with Crippen LogP contribution in [0.4, 0.5) is 4.79 Å². The number of carbonyl (C=O) groups excluding carboxylic acids is 1. The van der Waals surface area contributed by atoms with Crippen molar-refractivity contribution in [1.82, 2.24) is 4.90 Å². The molecular weight excluding hydrogens is 714 g/mol. The molecule has 1 fully saturated rings. The minimum Gasteiger partial charge on any atom is -0.438 e. The Morgan fingerprint density at radius 1 is 0.661 bits per heavy atom. The van der Waals surface area contributed by atoms with Crippen LogP contribution in [0.15, 0.2) is 133 Å². The minimum atomic E-state index is -1.33. The fourth-order valence-electron chi connectivity index (χ4n) is 6.40. The Labute approximate surface area is 328 Å². The Bertz CT molecular complexity index is 1900. The number of aliphatic hydroxyl groups is 2. The van der Waals surface area contributed by atoms with Gasteiger partial charge in [0.1, 0.15) is 30.5 Å². The second-order valence-electron chi connectivity index (χ2n) is 13.9. The molecule has 0 saturated carbocycles. The van der Waals surface area contributed by atoms with E-state index in [1.54, 1.807) is 0 Å². The first kappa shape index (κ1) is 41.0. The average Bonchev–Trinajstić information content (AvgIpc) is 3.54. The standard InChI is InChI=1S/C45H51NO10/c1-46(2)45(49)56-43-41(48)38(25-47)55-44(43)54-31-40(52-28-33-16-8-4-9-17-33)42(53-29-34-18-10-5-11-19-34)39(51-27-32-14-6-3-7-15-32)30-50-26-35-22-23-36-20-12-13-21-37(36)24-35/h3-24,38-44,47-48H,25-31H2,1-2H3/t38-,39?,40?,41?,42?,43?,44-/m1/s1. The molecule has 7 atom stereocenters. The molecule has 5 aromatic carbocycles. The van der Waals surface area contributed by atoms with Gasteiger partial charge in [-0.3, -0.25) is 0 Å². The van der Waals surface area contributed by atoms with E-state index in [1.807, 2.05) is 103 Å². The van der Waals surface area contributed by atoms with E-state index in [2.05, 4.69) is 30.3 Å². The van der Waals surface area contributed by atoms with Crippen LogP contribution in [0.25, 0.3) is 10.8 Å². The molecule has 6 rings (SSSR count). The fourth-order valence-corrected chi connectivity index (χ4v) is 6.40. The number of amides is 1. The Morgan fingerprint density at radius 2 is 1.20 bits per heavy atom. The van der Waals surface area contributed by atoms with E-state index in [4.69, 9.17) is 33.2 Å². The first-order valence-electron chi connectivity index (χ1n) is 18.8. The number of aliphatic hydroxyl groups excluding tert-OH is 2. The summed E-state index contributed by atoms with van der Waals surface area (Å²) in [6.07, 6.45) is -7.68. The lowest BCUT2D eigenvalue weighted by molar-refractivity contribution is -0.218. The molecule has 1 saturated heterocycles. The van der Waals surface area contributed by atoms with E-state index in [1.165, 1.54) is 19.0 Å². The summed E-state index contributed by atoms with van der Waals surface area (Å²) >= 11 is 0. The van der Waals surface area contributed by atoms with Crippen LogP contribution in [0.2, 0.25) is 0 Å². The smallest absolute Gasteiger partial charge is 0.409 e. The van der Waals surface area contributed by atoms with Crippen LogP contribution in [0.5, 0.6) is 0 Å². The quantitative estimate of drug-likeness (QED) is 0.0937. The Morgan fingerprint density at radius 3 is 1.77 bits per heavy atom. The zero-order chi connectivity index (χ0) is 39.1.